The quantitative estimate of drug-likeness (QED) is 0.248. The molecule has 0 aliphatic rings. The highest BCUT2D eigenvalue weighted by atomic mass is 16.5. The van der Waals surface area contributed by atoms with E-state index < -0.39 is 6.10 Å². The van der Waals surface area contributed by atoms with Crippen LogP contribution in [0, 0.1) is 5.41 Å². The lowest BCUT2D eigenvalue weighted by Crippen LogP contribution is -2.35. The van der Waals surface area contributed by atoms with Gasteiger partial charge in [0.25, 0.3) is 0 Å². The molecule has 7 nitrogen and oxygen atoms in total. The fourth-order valence-electron chi connectivity index (χ4n) is 1.77. The van der Waals surface area contributed by atoms with Gasteiger partial charge in [0.05, 0.1) is 12.9 Å². The van der Waals surface area contributed by atoms with E-state index in [-0.39, 0.29) is 6.61 Å². The number of nitrogens with one attached hydrogen (secondary N) is 3. The summed E-state index contributed by atoms with van der Waals surface area (Å²) < 4.78 is 11.2. The maximum absolute atomic E-state index is 9.79. The molecular weight excluding hydrogens is 308 g/mol. The van der Waals surface area contributed by atoms with Crippen molar-refractivity contribution >= 4 is 12.7 Å². The Kier molecular flexibility index (Phi) is 10.2. The highest BCUT2D eigenvalue weighted by Crippen LogP contribution is 2.17. The Morgan fingerprint density at radius 2 is 1.88 bits per heavy atom. The van der Waals surface area contributed by atoms with Crippen molar-refractivity contribution in [2.24, 2.45) is 4.99 Å². The molecule has 0 aromatic heterocycles. The average Bonchev–Trinajstić information content (AvgIpc) is 2.58. The maximum atomic E-state index is 9.79. The van der Waals surface area contributed by atoms with Gasteiger partial charge in [0, 0.05) is 19.1 Å². The second-order valence-electron chi connectivity index (χ2n) is 5.56. The summed E-state index contributed by atoms with van der Waals surface area (Å²) in [5.41, 5.74) is 0. The molecule has 0 aliphatic carbocycles. The molecule has 0 fully saturated rings. The SMILES string of the molecule is CC(C)NCC(O)COc1ccc(OCCCN/C=N\C=N)cc1. The number of ether oxygens (including phenoxy) is 2. The van der Waals surface area contributed by atoms with Crippen molar-refractivity contribution in [3.05, 3.63) is 24.3 Å². The number of aliphatic hydroxyl groups excluding tert-OH is 1. The molecule has 7 heteroatoms. The lowest BCUT2D eigenvalue weighted by molar-refractivity contribution is 0.104. The Hall–Kier alpha value is -2.12. The van der Waals surface area contributed by atoms with Crippen LogP contribution in [-0.4, -0.2) is 56.2 Å². The minimum Gasteiger partial charge on any atom is -0.494 e. The van der Waals surface area contributed by atoms with Gasteiger partial charge in [-0.25, -0.2) is 4.99 Å². The third kappa shape index (κ3) is 9.81. The van der Waals surface area contributed by atoms with E-state index in [4.69, 9.17) is 14.9 Å². The highest BCUT2D eigenvalue weighted by molar-refractivity contribution is 5.68. The number of hydrogen-bond acceptors (Lipinski definition) is 5. The normalized spacial score (nSPS) is 12.3. The molecule has 0 heterocycles. The fraction of sp³-hybridized carbons (Fsp3) is 0.529. The number of hydrogen-bond donors (Lipinski definition) is 4. The van der Waals surface area contributed by atoms with E-state index in [9.17, 15) is 5.11 Å². The standard InChI is InChI=1S/C17H28N4O3/c1-14(2)21-10-15(22)11-24-17-6-4-16(5-7-17)23-9-3-8-19-13-20-12-18/h4-7,12-15,21-22H,3,8-11H2,1-2H3,(H2,18,19,20). The first-order valence-electron chi connectivity index (χ1n) is 8.13. The van der Waals surface area contributed by atoms with Crippen LogP contribution < -0.4 is 20.1 Å². The van der Waals surface area contributed by atoms with Gasteiger partial charge >= 0.3 is 0 Å². The summed E-state index contributed by atoms with van der Waals surface area (Å²) in [4.78, 5) is 3.62. The molecule has 0 saturated carbocycles. The van der Waals surface area contributed by atoms with Gasteiger partial charge in [-0.05, 0) is 30.7 Å². The summed E-state index contributed by atoms with van der Waals surface area (Å²) in [6.07, 6.45) is 2.76. The Bertz CT molecular complexity index is 477. The second-order valence-corrected chi connectivity index (χ2v) is 5.56. The molecule has 1 atom stereocenters. The summed E-state index contributed by atoms with van der Waals surface area (Å²) in [5, 5.41) is 22.6. The molecule has 1 aromatic carbocycles. The molecule has 1 aromatic rings. The molecule has 134 valence electrons. The number of benzene rings is 1. The lowest BCUT2D eigenvalue weighted by Gasteiger charge is -2.15. The van der Waals surface area contributed by atoms with Gasteiger partial charge in [-0.2, -0.15) is 0 Å². The first-order chi connectivity index (χ1) is 11.6. The molecule has 0 spiro atoms. The van der Waals surface area contributed by atoms with Crippen molar-refractivity contribution in [3.8, 4) is 11.5 Å². The molecule has 0 radical (unpaired) electrons. The third-order valence-electron chi connectivity index (χ3n) is 3.00. The van der Waals surface area contributed by atoms with E-state index in [1.54, 1.807) is 0 Å². The number of nitrogens with zero attached hydrogens (tertiary/aromatic N) is 1. The van der Waals surface area contributed by atoms with E-state index in [0.29, 0.717) is 24.9 Å². The smallest absolute Gasteiger partial charge is 0.119 e. The minimum absolute atomic E-state index is 0.253. The van der Waals surface area contributed by atoms with Crippen LogP contribution in [0.3, 0.4) is 0 Å². The Labute approximate surface area is 143 Å². The summed E-state index contributed by atoms with van der Waals surface area (Å²) in [7, 11) is 0. The van der Waals surface area contributed by atoms with Gasteiger partial charge < -0.3 is 25.2 Å². The zero-order valence-corrected chi connectivity index (χ0v) is 14.4. The third-order valence-corrected chi connectivity index (χ3v) is 3.00. The molecule has 1 rings (SSSR count). The summed E-state index contributed by atoms with van der Waals surface area (Å²) in [6.45, 7) is 6.16. The predicted octanol–water partition coefficient (Wildman–Crippen LogP) is 1.42. The Balaban J connectivity index is 2.18. The van der Waals surface area contributed by atoms with Crippen molar-refractivity contribution in [3.63, 3.8) is 0 Å². The molecule has 4 N–H and O–H groups in total. The van der Waals surface area contributed by atoms with E-state index >= 15 is 0 Å². The molecule has 24 heavy (non-hydrogen) atoms. The summed E-state index contributed by atoms with van der Waals surface area (Å²) in [5.74, 6) is 1.48. The lowest BCUT2D eigenvalue weighted by atomic mass is 10.3. The van der Waals surface area contributed by atoms with Gasteiger partial charge in [0.1, 0.15) is 30.5 Å². The predicted molar refractivity (Wildman–Crippen MR) is 96.5 cm³/mol. The number of aliphatic imine (C=N–C) groups is 1. The zero-order chi connectivity index (χ0) is 17.6. The Morgan fingerprint density at radius 3 is 2.50 bits per heavy atom. The summed E-state index contributed by atoms with van der Waals surface area (Å²) >= 11 is 0. The zero-order valence-electron chi connectivity index (χ0n) is 14.4. The molecule has 0 bridgehead atoms. The monoisotopic (exact) mass is 336 g/mol. The van der Waals surface area contributed by atoms with Crippen LogP contribution in [0.25, 0.3) is 0 Å². The van der Waals surface area contributed by atoms with Gasteiger partial charge in [0.15, 0.2) is 0 Å². The molecule has 0 saturated heterocycles. The maximum Gasteiger partial charge on any atom is 0.119 e. The van der Waals surface area contributed by atoms with Crippen LogP contribution >= 0.6 is 0 Å². The van der Waals surface area contributed by atoms with E-state index in [1.807, 2.05) is 38.1 Å². The second kappa shape index (κ2) is 12.3. The topological polar surface area (TPSA) is 99.0 Å². The molecular formula is C17H28N4O3. The van der Waals surface area contributed by atoms with Crippen molar-refractivity contribution in [1.82, 2.24) is 10.6 Å². The van der Waals surface area contributed by atoms with Crippen molar-refractivity contribution in [2.45, 2.75) is 32.4 Å². The molecule has 0 aliphatic heterocycles. The molecule has 1 unspecified atom stereocenters. The van der Waals surface area contributed by atoms with Crippen LogP contribution in [0.15, 0.2) is 29.3 Å². The minimum atomic E-state index is -0.535. The highest BCUT2D eigenvalue weighted by Gasteiger charge is 2.06. The largest absolute Gasteiger partial charge is 0.494 e. The van der Waals surface area contributed by atoms with Gasteiger partial charge in [-0.15, -0.1) is 0 Å². The van der Waals surface area contributed by atoms with Crippen molar-refractivity contribution < 1.29 is 14.6 Å². The van der Waals surface area contributed by atoms with Crippen molar-refractivity contribution in [2.75, 3.05) is 26.3 Å². The van der Waals surface area contributed by atoms with Gasteiger partial charge in [-0.3, -0.25) is 5.41 Å². The fourth-order valence-corrected chi connectivity index (χ4v) is 1.77. The van der Waals surface area contributed by atoms with Crippen LogP contribution in [-0.2, 0) is 0 Å². The first-order valence-corrected chi connectivity index (χ1v) is 8.13. The van der Waals surface area contributed by atoms with E-state index in [0.717, 1.165) is 25.1 Å². The Morgan fingerprint density at radius 1 is 1.21 bits per heavy atom. The van der Waals surface area contributed by atoms with Crippen LogP contribution in [0.1, 0.15) is 20.3 Å². The first kappa shape index (κ1) is 19.9. The van der Waals surface area contributed by atoms with E-state index in [2.05, 4.69) is 15.6 Å². The average molecular weight is 336 g/mol. The summed E-state index contributed by atoms with van der Waals surface area (Å²) in [6, 6.07) is 7.69. The van der Waals surface area contributed by atoms with Crippen LogP contribution in [0.2, 0.25) is 0 Å². The van der Waals surface area contributed by atoms with Crippen molar-refractivity contribution in [1.29, 1.82) is 5.41 Å². The van der Waals surface area contributed by atoms with Gasteiger partial charge in [0.2, 0.25) is 0 Å². The van der Waals surface area contributed by atoms with Gasteiger partial charge in [-0.1, -0.05) is 13.8 Å². The number of rotatable bonds is 13. The molecule has 0 amide bonds. The number of aliphatic hydroxyl groups is 1. The van der Waals surface area contributed by atoms with Crippen LogP contribution in [0.4, 0.5) is 0 Å². The van der Waals surface area contributed by atoms with Crippen LogP contribution in [0.5, 0.6) is 11.5 Å². The van der Waals surface area contributed by atoms with E-state index in [1.165, 1.54) is 6.34 Å².